The molecule has 0 radical (unpaired) electrons. The molecule has 10 aromatic rings. The van der Waals surface area contributed by atoms with E-state index < -0.39 is 0 Å². The zero-order valence-electron chi connectivity index (χ0n) is 28.0. The van der Waals surface area contributed by atoms with Gasteiger partial charge in [0.25, 0.3) is 0 Å². The molecule has 0 fully saturated rings. The monoisotopic (exact) mass is 666 g/mol. The van der Waals surface area contributed by atoms with Gasteiger partial charge in [-0.3, -0.25) is 4.57 Å². The average Bonchev–Trinajstić information content (AvgIpc) is 3.79. The lowest BCUT2D eigenvalue weighted by Gasteiger charge is -2.11. The minimum Gasteiger partial charge on any atom is -0.455 e. The van der Waals surface area contributed by atoms with Crippen molar-refractivity contribution in [2.75, 3.05) is 0 Å². The summed E-state index contributed by atoms with van der Waals surface area (Å²) < 4.78 is 9.12. The van der Waals surface area contributed by atoms with Crippen LogP contribution in [0.2, 0.25) is 0 Å². The first-order valence-corrected chi connectivity index (χ1v) is 17.4. The van der Waals surface area contributed by atoms with Crippen molar-refractivity contribution in [1.82, 2.24) is 19.5 Å². The van der Waals surface area contributed by atoms with Crippen LogP contribution >= 0.6 is 0 Å². The molecule has 0 unspecified atom stereocenters. The molecule has 0 N–H and O–H groups in total. The SMILES string of the molecule is c1ccc(-c2ccc(-c3nc(-c4ccccc4)nc(-n4c5ccccc5c5c6oc(-c7ccccc7)c(-c7ccccc7)c6ccc54)n3)cc2)cc1. The molecule has 7 aromatic carbocycles. The maximum atomic E-state index is 6.98. The summed E-state index contributed by atoms with van der Waals surface area (Å²) in [5, 5.41) is 3.13. The Labute approximate surface area is 300 Å². The van der Waals surface area contributed by atoms with Crippen molar-refractivity contribution < 1.29 is 4.42 Å². The van der Waals surface area contributed by atoms with Gasteiger partial charge in [0.05, 0.1) is 16.4 Å². The van der Waals surface area contributed by atoms with Gasteiger partial charge in [0.1, 0.15) is 11.3 Å². The van der Waals surface area contributed by atoms with Crippen molar-refractivity contribution in [2.45, 2.75) is 0 Å². The van der Waals surface area contributed by atoms with Crippen molar-refractivity contribution in [3.8, 4) is 62.3 Å². The number of hydrogen-bond donors (Lipinski definition) is 0. The summed E-state index contributed by atoms with van der Waals surface area (Å²) in [6.07, 6.45) is 0. The van der Waals surface area contributed by atoms with E-state index in [1.165, 1.54) is 0 Å². The lowest BCUT2D eigenvalue weighted by Crippen LogP contribution is -2.06. The number of furan rings is 1. The lowest BCUT2D eigenvalue weighted by molar-refractivity contribution is 0.636. The van der Waals surface area contributed by atoms with E-state index in [2.05, 4.69) is 138 Å². The second-order valence-electron chi connectivity index (χ2n) is 12.8. The fraction of sp³-hybridized carbons (Fsp3) is 0. The number of fused-ring (bicyclic) bond motifs is 5. The molecule has 3 heterocycles. The van der Waals surface area contributed by atoms with Gasteiger partial charge in [0.15, 0.2) is 11.6 Å². The molecular formula is C47H30N4O. The number of rotatable bonds is 6. The summed E-state index contributed by atoms with van der Waals surface area (Å²) in [6, 6.07) is 62.5. The van der Waals surface area contributed by atoms with Crippen molar-refractivity contribution in [3.05, 3.63) is 182 Å². The molecule has 52 heavy (non-hydrogen) atoms. The van der Waals surface area contributed by atoms with E-state index in [0.29, 0.717) is 17.6 Å². The van der Waals surface area contributed by atoms with Crippen LogP contribution in [-0.4, -0.2) is 19.5 Å². The van der Waals surface area contributed by atoms with Gasteiger partial charge >= 0.3 is 0 Å². The van der Waals surface area contributed by atoms with Gasteiger partial charge < -0.3 is 4.42 Å². The van der Waals surface area contributed by atoms with Crippen molar-refractivity contribution in [3.63, 3.8) is 0 Å². The summed E-state index contributed by atoms with van der Waals surface area (Å²) in [4.78, 5) is 15.4. The van der Waals surface area contributed by atoms with E-state index in [9.17, 15) is 0 Å². The molecule has 10 rings (SSSR count). The largest absolute Gasteiger partial charge is 0.455 e. The maximum absolute atomic E-state index is 6.98. The maximum Gasteiger partial charge on any atom is 0.238 e. The van der Waals surface area contributed by atoms with Gasteiger partial charge in [-0.05, 0) is 34.9 Å². The zero-order valence-corrected chi connectivity index (χ0v) is 28.0. The Kier molecular flexibility index (Phi) is 7.07. The van der Waals surface area contributed by atoms with Gasteiger partial charge in [-0.25, -0.2) is 4.98 Å². The Hall–Kier alpha value is -7.11. The van der Waals surface area contributed by atoms with Crippen LogP contribution < -0.4 is 0 Å². The van der Waals surface area contributed by atoms with Crippen molar-refractivity contribution >= 4 is 32.8 Å². The molecule has 0 spiro atoms. The third kappa shape index (κ3) is 4.98. The van der Waals surface area contributed by atoms with Crippen LogP contribution in [0.4, 0.5) is 0 Å². The topological polar surface area (TPSA) is 56.7 Å². The molecule has 0 saturated heterocycles. The van der Waals surface area contributed by atoms with Gasteiger partial charge in [-0.1, -0.05) is 164 Å². The van der Waals surface area contributed by atoms with Crippen LogP contribution in [0.15, 0.2) is 186 Å². The van der Waals surface area contributed by atoms with Crippen LogP contribution in [0.3, 0.4) is 0 Å². The molecule has 0 aliphatic rings. The molecule has 244 valence electrons. The molecule has 5 nitrogen and oxygen atoms in total. The highest BCUT2D eigenvalue weighted by Gasteiger charge is 2.24. The fourth-order valence-corrected chi connectivity index (χ4v) is 7.26. The molecule has 0 atom stereocenters. The smallest absolute Gasteiger partial charge is 0.238 e. The van der Waals surface area contributed by atoms with E-state index in [1.54, 1.807) is 0 Å². The second kappa shape index (κ2) is 12.3. The summed E-state index contributed by atoms with van der Waals surface area (Å²) in [5.74, 6) is 2.60. The number of aromatic nitrogens is 4. The highest BCUT2D eigenvalue weighted by molar-refractivity contribution is 6.22. The number of benzene rings is 7. The third-order valence-electron chi connectivity index (χ3n) is 9.70. The summed E-state index contributed by atoms with van der Waals surface area (Å²) in [6.45, 7) is 0. The zero-order chi connectivity index (χ0) is 34.4. The van der Waals surface area contributed by atoms with Gasteiger partial charge in [-0.2, -0.15) is 9.97 Å². The predicted molar refractivity (Wildman–Crippen MR) is 211 cm³/mol. The Balaban J connectivity index is 1.23. The van der Waals surface area contributed by atoms with E-state index in [4.69, 9.17) is 19.4 Å². The number of para-hydroxylation sites is 1. The normalized spacial score (nSPS) is 11.5. The van der Waals surface area contributed by atoms with E-state index >= 15 is 0 Å². The predicted octanol–water partition coefficient (Wildman–Crippen LogP) is 12.0. The molecule has 3 aromatic heterocycles. The standard InChI is InChI=1S/C47H30N4O/c1-5-15-31(16-6-1)32-25-27-36(28-26-32)46-48-45(35-21-11-4-12-22-35)49-47(50-46)51-39-24-14-13-23-37(39)42-40(51)30-29-38-41(33-17-7-2-8-18-33)43(52-44(38)42)34-19-9-3-10-20-34/h1-30H. The first-order valence-electron chi connectivity index (χ1n) is 17.4. The van der Waals surface area contributed by atoms with Crippen LogP contribution in [0, 0.1) is 0 Å². The van der Waals surface area contributed by atoms with Crippen molar-refractivity contribution in [1.29, 1.82) is 0 Å². The third-order valence-corrected chi connectivity index (χ3v) is 9.70. The summed E-state index contributed by atoms with van der Waals surface area (Å²) in [5.41, 5.74) is 10.1. The Morgan fingerprint density at radius 3 is 1.52 bits per heavy atom. The van der Waals surface area contributed by atoms with E-state index in [0.717, 1.165) is 77.5 Å². The van der Waals surface area contributed by atoms with E-state index in [-0.39, 0.29) is 0 Å². The molecule has 0 aliphatic heterocycles. The van der Waals surface area contributed by atoms with Crippen LogP contribution in [0.1, 0.15) is 0 Å². The van der Waals surface area contributed by atoms with Gasteiger partial charge in [-0.15, -0.1) is 0 Å². The van der Waals surface area contributed by atoms with Crippen LogP contribution in [0.25, 0.3) is 95.1 Å². The minimum atomic E-state index is 0.541. The number of nitrogens with zero attached hydrogens (tertiary/aromatic N) is 4. The lowest BCUT2D eigenvalue weighted by atomic mass is 9.98. The second-order valence-corrected chi connectivity index (χ2v) is 12.8. The van der Waals surface area contributed by atoms with Gasteiger partial charge in [0.2, 0.25) is 5.95 Å². The quantitative estimate of drug-likeness (QED) is 0.177. The van der Waals surface area contributed by atoms with Gasteiger partial charge in [0, 0.05) is 33.0 Å². The Morgan fingerprint density at radius 1 is 0.365 bits per heavy atom. The molecule has 0 saturated carbocycles. The average molecular weight is 667 g/mol. The summed E-state index contributed by atoms with van der Waals surface area (Å²) in [7, 11) is 0. The molecular weight excluding hydrogens is 637 g/mol. The van der Waals surface area contributed by atoms with Crippen LogP contribution in [-0.2, 0) is 0 Å². The first kappa shape index (κ1) is 29.8. The van der Waals surface area contributed by atoms with Crippen LogP contribution in [0.5, 0.6) is 0 Å². The molecule has 5 heteroatoms. The Morgan fingerprint density at radius 2 is 0.865 bits per heavy atom. The highest BCUT2D eigenvalue weighted by Crippen LogP contribution is 2.46. The minimum absolute atomic E-state index is 0.541. The van der Waals surface area contributed by atoms with E-state index in [1.807, 2.05) is 48.5 Å². The molecule has 0 amide bonds. The molecule has 0 bridgehead atoms. The number of hydrogen-bond acceptors (Lipinski definition) is 4. The Bertz CT molecular complexity index is 2860. The molecule has 0 aliphatic carbocycles. The van der Waals surface area contributed by atoms with Crippen molar-refractivity contribution in [2.24, 2.45) is 0 Å². The first-order chi connectivity index (χ1) is 25.8. The fourth-order valence-electron chi connectivity index (χ4n) is 7.26. The highest BCUT2D eigenvalue weighted by atomic mass is 16.3. The summed E-state index contributed by atoms with van der Waals surface area (Å²) >= 11 is 0.